The van der Waals surface area contributed by atoms with Crippen molar-refractivity contribution in [2.45, 2.75) is 20.4 Å². The summed E-state index contributed by atoms with van der Waals surface area (Å²) in [6.07, 6.45) is 0. The molecule has 0 unspecified atom stereocenters. The van der Waals surface area contributed by atoms with E-state index in [4.69, 9.17) is 4.74 Å². The lowest BCUT2D eigenvalue weighted by Crippen LogP contribution is -2.41. The van der Waals surface area contributed by atoms with E-state index in [0.29, 0.717) is 18.8 Å². The van der Waals surface area contributed by atoms with Crippen molar-refractivity contribution in [3.8, 4) is 0 Å². The van der Waals surface area contributed by atoms with Gasteiger partial charge in [-0.15, -0.1) is 5.10 Å². The van der Waals surface area contributed by atoms with Crippen molar-refractivity contribution < 1.29 is 9.53 Å². The minimum atomic E-state index is -0.194. The number of carbonyl (C=O) groups is 1. The first-order valence-corrected chi connectivity index (χ1v) is 8.64. The monoisotopic (exact) mass is 351 g/mol. The number of amides is 1. The van der Waals surface area contributed by atoms with E-state index in [9.17, 15) is 4.79 Å². The number of aromatic nitrogens is 5. The van der Waals surface area contributed by atoms with Crippen LogP contribution in [0.15, 0.2) is 0 Å². The molecule has 0 spiro atoms. The zero-order valence-corrected chi connectivity index (χ0v) is 14.7. The van der Waals surface area contributed by atoms with Gasteiger partial charge >= 0.3 is 0 Å². The number of morpholine rings is 1. The van der Waals surface area contributed by atoms with E-state index < -0.39 is 0 Å². The third-order valence-electron chi connectivity index (χ3n) is 4.06. The van der Waals surface area contributed by atoms with Crippen molar-refractivity contribution in [2.75, 3.05) is 39.4 Å². The number of rotatable bonds is 6. The molecule has 1 aliphatic heterocycles. The molecule has 0 aliphatic carbocycles. The van der Waals surface area contributed by atoms with Crippen molar-refractivity contribution in [2.24, 2.45) is 0 Å². The summed E-state index contributed by atoms with van der Waals surface area (Å²) in [6.45, 7) is 8.95. The highest BCUT2D eigenvalue weighted by Gasteiger charge is 2.18. The SMILES string of the molecule is Cc1nsnc1Cn1nnc(C(=O)NCCN2CCOCC2)c1C. The van der Waals surface area contributed by atoms with E-state index >= 15 is 0 Å². The number of hydrogen-bond acceptors (Lipinski definition) is 8. The Morgan fingerprint density at radius 3 is 2.79 bits per heavy atom. The summed E-state index contributed by atoms with van der Waals surface area (Å²) in [5.41, 5.74) is 2.82. The third-order valence-corrected chi connectivity index (χ3v) is 4.72. The van der Waals surface area contributed by atoms with Crippen LogP contribution in [-0.4, -0.2) is 73.9 Å². The Labute approximate surface area is 144 Å². The molecule has 0 radical (unpaired) electrons. The predicted molar refractivity (Wildman–Crippen MR) is 88.1 cm³/mol. The molecule has 130 valence electrons. The third kappa shape index (κ3) is 3.94. The molecule has 0 aromatic carbocycles. The molecule has 1 aliphatic rings. The van der Waals surface area contributed by atoms with Crippen molar-refractivity contribution in [3.63, 3.8) is 0 Å². The maximum absolute atomic E-state index is 12.3. The van der Waals surface area contributed by atoms with Crippen LogP contribution in [0, 0.1) is 13.8 Å². The van der Waals surface area contributed by atoms with Crippen LogP contribution in [0.4, 0.5) is 0 Å². The molecule has 2 aromatic rings. The molecule has 24 heavy (non-hydrogen) atoms. The van der Waals surface area contributed by atoms with E-state index in [1.807, 2.05) is 13.8 Å². The van der Waals surface area contributed by atoms with E-state index in [1.165, 1.54) is 11.7 Å². The van der Waals surface area contributed by atoms with Gasteiger partial charge in [0, 0.05) is 26.2 Å². The Morgan fingerprint density at radius 1 is 1.29 bits per heavy atom. The zero-order valence-electron chi connectivity index (χ0n) is 13.9. The summed E-state index contributed by atoms with van der Waals surface area (Å²) < 4.78 is 15.4. The Kier molecular flexibility index (Phi) is 5.48. The van der Waals surface area contributed by atoms with Gasteiger partial charge in [-0.3, -0.25) is 9.69 Å². The smallest absolute Gasteiger partial charge is 0.273 e. The van der Waals surface area contributed by atoms with Gasteiger partial charge < -0.3 is 10.1 Å². The van der Waals surface area contributed by atoms with E-state index in [2.05, 4.69) is 29.3 Å². The van der Waals surface area contributed by atoms with Crippen LogP contribution < -0.4 is 5.32 Å². The van der Waals surface area contributed by atoms with Gasteiger partial charge in [-0.1, -0.05) is 5.21 Å². The van der Waals surface area contributed by atoms with Gasteiger partial charge in [-0.25, -0.2) is 4.68 Å². The quantitative estimate of drug-likeness (QED) is 0.773. The lowest BCUT2D eigenvalue weighted by molar-refractivity contribution is 0.0383. The Hall–Kier alpha value is -1.91. The van der Waals surface area contributed by atoms with Gasteiger partial charge in [-0.2, -0.15) is 8.75 Å². The molecule has 2 aromatic heterocycles. The first kappa shape index (κ1) is 16.9. The number of ether oxygens (including phenoxy) is 1. The molecule has 10 heteroatoms. The van der Waals surface area contributed by atoms with Crippen molar-refractivity contribution in [1.82, 2.24) is 34.0 Å². The summed E-state index contributed by atoms with van der Waals surface area (Å²) >= 11 is 1.17. The Balaban J connectivity index is 1.54. The highest BCUT2D eigenvalue weighted by atomic mass is 32.1. The van der Waals surface area contributed by atoms with E-state index in [-0.39, 0.29) is 5.91 Å². The topological polar surface area (TPSA) is 98.1 Å². The molecule has 0 atom stereocenters. The van der Waals surface area contributed by atoms with Crippen LogP contribution in [0.5, 0.6) is 0 Å². The summed E-state index contributed by atoms with van der Waals surface area (Å²) in [5, 5.41) is 11.0. The van der Waals surface area contributed by atoms with Crippen LogP contribution in [0.2, 0.25) is 0 Å². The molecule has 1 fully saturated rings. The molecule has 9 nitrogen and oxygen atoms in total. The number of nitrogens with one attached hydrogen (secondary N) is 1. The molecule has 0 saturated carbocycles. The summed E-state index contributed by atoms with van der Waals surface area (Å²) in [6, 6.07) is 0. The summed E-state index contributed by atoms with van der Waals surface area (Å²) in [4.78, 5) is 14.6. The largest absolute Gasteiger partial charge is 0.379 e. The van der Waals surface area contributed by atoms with Gasteiger partial charge in [0.05, 0.1) is 48.6 Å². The first-order valence-electron chi connectivity index (χ1n) is 7.91. The van der Waals surface area contributed by atoms with Crippen molar-refractivity contribution in [3.05, 3.63) is 22.8 Å². The number of nitrogens with zero attached hydrogens (tertiary/aromatic N) is 6. The number of hydrogen-bond donors (Lipinski definition) is 1. The van der Waals surface area contributed by atoms with E-state index in [0.717, 1.165) is 49.9 Å². The van der Waals surface area contributed by atoms with Gasteiger partial charge in [0.1, 0.15) is 0 Å². The maximum atomic E-state index is 12.3. The van der Waals surface area contributed by atoms with Crippen LogP contribution in [0.25, 0.3) is 0 Å². The molecule has 1 amide bonds. The first-order chi connectivity index (χ1) is 11.6. The molecular formula is C14H21N7O2S. The molecular weight excluding hydrogens is 330 g/mol. The summed E-state index contributed by atoms with van der Waals surface area (Å²) in [7, 11) is 0. The van der Waals surface area contributed by atoms with Crippen LogP contribution >= 0.6 is 11.7 Å². The zero-order chi connectivity index (χ0) is 16.9. The predicted octanol–water partition coefficient (Wildman–Crippen LogP) is -0.143. The lowest BCUT2D eigenvalue weighted by Gasteiger charge is -2.26. The fourth-order valence-electron chi connectivity index (χ4n) is 2.49. The van der Waals surface area contributed by atoms with Gasteiger partial charge in [0.15, 0.2) is 5.69 Å². The van der Waals surface area contributed by atoms with Gasteiger partial charge in [-0.05, 0) is 13.8 Å². The van der Waals surface area contributed by atoms with Crippen molar-refractivity contribution in [1.29, 1.82) is 0 Å². The molecule has 1 N–H and O–H groups in total. The number of carbonyl (C=O) groups excluding carboxylic acids is 1. The van der Waals surface area contributed by atoms with Crippen LogP contribution in [0.1, 0.15) is 27.6 Å². The minimum absolute atomic E-state index is 0.194. The highest BCUT2D eigenvalue weighted by molar-refractivity contribution is 6.99. The molecule has 1 saturated heterocycles. The average molecular weight is 351 g/mol. The fraction of sp³-hybridized carbons (Fsp3) is 0.643. The minimum Gasteiger partial charge on any atom is -0.379 e. The fourth-order valence-corrected chi connectivity index (χ4v) is 3.05. The van der Waals surface area contributed by atoms with Crippen LogP contribution in [-0.2, 0) is 11.3 Å². The normalized spacial score (nSPS) is 15.6. The van der Waals surface area contributed by atoms with E-state index in [1.54, 1.807) is 4.68 Å². The summed E-state index contributed by atoms with van der Waals surface area (Å²) in [5.74, 6) is -0.194. The molecule has 0 bridgehead atoms. The second kappa shape index (κ2) is 7.77. The van der Waals surface area contributed by atoms with Crippen LogP contribution in [0.3, 0.4) is 0 Å². The average Bonchev–Trinajstić information content (AvgIpc) is 3.15. The standard InChI is InChI=1S/C14H21N7O2S/c1-10-12(18-24-17-10)9-21-11(2)13(16-19-21)14(22)15-3-4-20-5-7-23-8-6-20/h3-9H2,1-2H3,(H,15,22). The Bertz CT molecular complexity index is 693. The Morgan fingerprint density at radius 2 is 2.08 bits per heavy atom. The van der Waals surface area contributed by atoms with Gasteiger partial charge in [0.2, 0.25) is 0 Å². The number of aryl methyl sites for hydroxylation is 1. The second-order valence-electron chi connectivity index (χ2n) is 5.69. The van der Waals surface area contributed by atoms with Crippen molar-refractivity contribution >= 4 is 17.6 Å². The molecule has 3 rings (SSSR count). The van der Waals surface area contributed by atoms with Gasteiger partial charge in [0.25, 0.3) is 5.91 Å². The lowest BCUT2D eigenvalue weighted by atomic mass is 10.3. The highest BCUT2D eigenvalue weighted by Crippen LogP contribution is 2.10. The maximum Gasteiger partial charge on any atom is 0.273 e. The second-order valence-corrected chi connectivity index (χ2v) is 6.22. The molecule has 3 heterocycles.